The topological polar surface area (TPSA) is 49.4 Å². The number of amides is 3. The smallest absolute Gasteiger partial charge is 0.323 e. The number of carbonyl (C=O) groups is 2. The fourth-order valence-corrected chi connectivity index (χ4v) is 3.77. The van der Waals surface area contributed by atoms with Crippen LogP contribution in [-0.4, -0.2) is 22.4 Å². The van der Waals surface area contributed by atoms with E-state index in [1.165, 1.54) is 18.2 Å². The Bertz CT molecular complexity index is 665. The quantitative estimate of drug-likeness (QED) is 0.808. The summed E-state index contributed by atoms with van der Waals surface area (Å²) in [7, 11) is 0. The molecule has 1 N–H and O–H groups in total. The number of rotatable bonds is 2. The van der Waals surface area contributed by atoms with Crippen molar-refractivity contribution in [3.8, 4) is 0 Å². The molecule has 1 saturated carbocycles. The third-order valence-corrected chi connectivity index (χ3v) is 5.10. The lowest BCUT2D eigenvalue weighted by Gasteiger charge is -2.28. The molecule has 1 aliphatic carbocycles. The number of imide groups is 1. The SMILES string of the molecule is O=C1NC2(CCCCCCC2)C(=O)N1Cc1ccccc1C(F)(F)F. The second-order valence-electron chi connectivity index (χ2n) is 6.83. The average molecular weight is 354 g/mol. The van der Waals surface area contributed by atoms with Crippen LogP contribution in [0.4, 0.5) is 18.0 Å². The number of carbonyl (C=O) groups excluding carboxylic acids is 2. The fourth-order valence-electron chi connectivity index (χ4n) is 3.77. The minimum atomic E-state index is -4.52. The Balaban J connectivity index is 1.84. The summed E-state index contributed by atoms with van der Waals surface area (Å²) in [5.41, 5.74) is -1.82. The first kappa shape index (κ1) is 17.8. The third-order valence-electron chi connectivity index (χ3n) is 5.10. The van der Waals surface area contributed by atoms with E-state index in [2.05, 4.69) is 5.32 Å². The Hall–Kier alpha value is -2.05. The highest BCUT2D eigenvalue weighted by atomic mass is 19.4. The van der Waals surface area contributed by atoms with Crippen molar-refractivity contribution < 1.29 is 22.8 Å². The number of halogens is 3. The molecular formula is C18H21F3N2O2. The molecule has 0 aromatic heterocycles. The number of hydrogen-bond donors (Lipinski definition) is 1. The number of benzene rings is 1. The molecule has 0 atom stereocenters. The van der Waals surface area contributed by atoms with Gasteiger partial charge in [-0.2, -0.15) is 13.2 Å². The molecule has 1 spiro atoms. The van der Waals surface area contributed by atoms with Gasteiger partial charge in [-0.3, -0.25) is 9.69 Å². The molecule has 136 valence electrons. The molecule has 7 heteroatoms. The van der Waals surface area contributed by atoms with Crippen molar-refractivity contribution >= 4 is 11.9 Å². The normalized spacial score (nSPS) is 21.2. The van der Waals surface area contributed by atoms with Crippen LogP contribution >= 0.6 is 0 Å². The first-order valence-electron chi connectivity index (χ1n) is 8.63. The maximum Gasteiger partial charge on any atom is 0.416 e. The molecular weight excluding hydrogens is 333 g/mol. The van der Waals surface area contributed by atoms with Crippen molar-refractivity contribution in [1.82, 2.24) is 10.2 Å². The van der Waals surface area contributed by atoms with Crippen molar-refractivity contribution in [2.24, 2.45) is 0 Å². The fraction of sp³-hybridized carbons (Fsp3) is 0.556. The molecule has 1 aromatic carbocycles. The van der Waals surface area contributed by atoms with Crippen LogP contribution in [0.25, 0.3) is 0 Å². The first-order chi connectivity index (χ1) is 11.8. The van der Waals surface area contributed by atoms with Crippen LogP contribution in [0.5, 0.6) is 0 Å². The van der Waals surface area contributed by atoms with Crippen LogP contribution in [0.2, 0.25) is 0 Å². The molecule has 2 fully saturated rings. The lowest BCUT2D eigenvalue weighted by atomic mass is 9.84. The van der Waals surface area contributed by atoms with Crippen molar-refractivity contribution in [2.45, 2.75) is 63.2 Å². The van der Waals surface area contributed by atoms with E-state index in [0.29, 0.717) is 12.8 Å². The zero-order valence-corrected chi connectivity index (χ0v) is 13.9. The second-order valence-corrected chi connectivity index (χ2v) is 6.83. The maximum absolute atomic E-state index is 13.2. The van der Waals surface area contributed by atoms with E-state index in [1.54, 1.807) is 0 Å². The third kappa shape index (κ3) is 3.50. The Kier molecular flexibility index (Phi) is 4.75. The predicted molar refractivity (Wildman–Crippen MR) is 85.6 cm³/mol. The molecule has 0 bridgehead atoms. The standard InChI is InChI=1S/C18H21F3N2O2/c19-18(20,21)14-9-5-4-8-13(14)12-23-15(24)17(22-16(23)25)10-6-2-1-3-7-11-17/h4-5,8-9H,1-3,6-7,10-12H2,(H,22,25). The zero-order valence-electron chi connectivity index (χ0n) is 13.9. The molecule has 0 radical (unpaired) electrons. The monoisotopic (exact) mass is 354 g/mol. The van der Waals surface area contributed by atoms with Crippen LogP contribution in [0.1, 0.15) is 56.1 Å². The summed E-state index contributed by atoms with van der Waals surface area (Å²) in [6.07, 6.45) is 1.36. The largest absolute Gasteiger partial charge is 0.416 e. The summed E-state index contributed by atoms with van der Waals surface area (Å²) in [6, 6.07) is 4.47. The molecule has 2 aliphatic rings. The summed E-state index contributed by atoms with van der Waals surface area (Å²) in [6.45, 7) is -0.359. The lowest BCUT2D eigenvalue weighted by Crippen LogP contribution is -2.47. The van der Waals surface area contributed by atoms with E-state index in [9.17, 15) is 22.8 Å². The van der Waals surface area contributed by atoms with Crippen molar-refractivity contribution in [3.63, 3.8) is 0 Å². The van der Waals surface area contributed by atoms with E-state index in [-0.39, 0.29) is 12.1 Å². The Morgan fingerprint density at radius 3 is 2.24 bits per heavy atom. The number of nitrogens with zero attached hydrogens (tertiary/aromatic N) is 1. The van der Waals surface area contributed by atoms with Crippen LogP contribution in [0.3, 0.4) is 0 Å². The molecule has 1 aliphatic heterocycles. The van der Waals surface area contributed by atoms with Gasteiger partial charge in [-0.1, -0.05) is 50.3 Å². The van der Waals surface area contributed by atoms with Gasteiger partial charge in [-0.25, -0.2) is 4.79 Å². The van der Waals surface area contributed by atoms with Gasteiger partial charge in [0.2, 0.25) is 0 Å². The molecule has 3 rings (SSSR count). The van der Waals surface area contributed by atoms with E-state index < -0.39 is 29.2 Å². The number of nitrogens with one attached hydrogen (secondary N) is 1. The second kappa shape index (κ2) is 6.69. The first-order valence-corrected chi connectivity index (χ1v) is 8.63. The van der Waals surface area contributed by atoms with E-state index >= 15 is 0 Å². The maximum atomic E-state index is 13.2. The number of hydrogen-bond acceptors (Lipinski definition) is 2. The average Bonchev–Trinajstić information content (AvgIpc) is 2.76. The highest BCUT2D eigenvalue weighted by Gasteiger charge is 2.50. The van der Waals surface area contributed by atoms with Crippen LogP contribution in [0.15, 0.2) is 24.3 Å². The molecule has 1 saturated heterocycles. The highest BCUT2D eigenvalue weighted by molar-refractivity contribution is 6.07. The Morgan fingerprint density at radius 1 is 1.00 bits per heavy atom. The summed E-state index contributed by atoms with van der Waals surface area (Å²) in [4.78, 5) is 26.2. The Labute approximate surface area is 144 Å². The molecule has 1 heterocycles. The van der Waals surface area contributed by atoms with E-state index in [0.717, 1.165) is 43.1 Å². The number of urea groups is 1. The van der Waals surface area contributed by atoms with Gasteiger partial charge in [0, 0.05) is 0 Å². The highest BCUT2D eigenvalue weighted by Crippen LogP contribution is 2.35. The lowest BCUT2D eigenvalue weighted by molar-refractivity contribution is -0.139. The van der Waals surface area contributed by atoms with Crippen LogP contribution < -0.4 is 5.32 Å². The van der Waals surface area contributed by atoms with Gasteiger partial charge >= 0.3 is 12.2 Å². The van der Waals surface area contributed by atoms with Gasteiger partial charge in [-0.15, -0.1) is 0 Å². The summed E-state index contributed by atoms with van der Waals surface area (Å²) < 4.78 is 39.5. The van der Waals surface area contributed by atoms with E-state index in [1.807, 2.05) is 0 Å². The molecule has 25 heavy (non-hydrogen) atoms. The van der Waals surface area contributed by atoms with Crippen LogP contribution in [-0.2, 0) is 17.5 Å². The van der Waals surface area contributed by atoms with Gasteiger partial charge in [0.05, 0.1) is 12.1 Å². The van der Waals surface area contributed by atoms with Gasteiger partial charge in [0.25, 0.3) is 5.91 Å². The number of alkyl halides is 3. The van der Waals surface area contributed by atoms with Gasteiger partial charge in [0.15, 0.2) is 0 Å². The van der Waals surface area contributed by atoms with Crippen molar-refractivity contribution in [1.29, 1.82) is 0 Å². The zero-order chi connectivity index (χ0) is 18.1. The minimum Gasteiger partial charge on any atom is -0.323 e. The van der Waals surface area contributed by atoms with E-state index in [4.69, 9.17) is 0 Å². The molecule has 1 aromatic rings. The predicted octanol–water partition coefficient (Wildman–Crippen LogP) is 4.24. The summed E-state index contributed by atoms with van der Waals surface area (Å²) in [5, 5.41) is 2.77. The summed E-state index contributed by atoms with van der Waals surface area (Å²) >= 11 is 0. The minimum absolute atomic E-state index is 0.0682. The van der Waals surface area contributed by atoms with Gasteiger partial charge in [-0.05, 0) is 24.5 Å². The summed E-state index contributed by atoms with van der Waals surface area (Å²) in [5.74, 6) is -0.392. The molecule has 0 unspecified atom stereocenters. The van der Waals surface area contributed by atoms with Gasteiger partial charge < -0.3 is 5.32 Å². The van der Waals surface area contributed by atoms with Crippen molar-refractivity contribution in [2.75, 3.05) is 0 Å². The van der Waals surface area contributed by atoms with Crippen LogP contribution in [0, 0.1) is 0 Å². The van der Waals surface area contributed by atoms with Gasteiger partial charge in [0.1, 0.15) is 5.54 Å². The molecule has 4 nitrogen and oxygen atoms in total. The van der Waals surface area contributed by atoms with Crippen molar-refractivity contribution in [3.05, 3.63) is 35.4 Å². The molecule has 3 amide bonds. The Morgan fingerprint density at radius 2 is 1.60 bits per heavy atom.